The molecule has 2 heterocycles. The second-order valence-corrected chi connectivity index (χ2v) is 6.92. The number of anilines is 1. The molecule has 11 heteroatoms. The molecule has 10 nitrogen and oxygen atoms in total. The maximum Gasteiger partial charge on any atom is 0.350 e. The molecule has 0 aliphatic carbocycles. The highest BCUT2D eigenvalue weighted by molar-refractivity contribution is 7.17. The van der Waals surface area contributed by atoms with Crippen molar-refractivity contribution in [3.63, 3.8) is 0 Å². The van der Waals surface area contributed by atoms with Crippen molar-refractivity contribution >= 4 is 39.9 Å². The van der Waals surface area contributed by atoms with E-state index in [1.807, 2.05) is 0 Å². The predicted molar refractivity (Wildman–Crippen MR) is 115 cm³/mol. The molecule has 2 aromatic heterocycles. The van der Waals surface area contributed by atoms with Crippen molar-refractivity contribution in [3.8, 4) is 0 Å². The number of aromatic carboxylic acids is 1. The van der Waals surface area contributed by atoms with Crippen LogP contribution in [0.3, 0.4) is 0 Å². The summed E-state index contributed by atoms with van der Waals surface area (Å²) in [4.78, 5) is 32.1. The van der Waals surface area contributed by atoms with Crippen molar-refractivity contribution in [2.45, 2.75) is 13.8 Å². The van der Waals surface area contributed by atoms with E-state index in [0.717, 1.165) is 11.3 Å². The van der Waals surface area contributed by atoms with E-state index < -0.39 is 11.9 Å². The third-order valence-electron chi connectivity index (χ3n) is 3.81. The number of benzene rings is 1. The number of carboxylic acid groups (broad SMARTS) is 1. The minimum absolute atomic E-state index is 0.0539. The van der Waals surface area contributed by atoms with Crippen LogP contribution in [0.1, 0.15) is 38.3 Å². The van der Waals surface area contributed by atoms with E-state index in [2.05, 4.69) is 30.7 Å². The lowest BCUT2D eigenvalue weighted by molar-refractivity contribution is 0.0530. The number of aromatic nitrogens is 2. The molecule has 0 saturated carbocycles. The summed E-state index contributed by atoms with van der Waals surface area (Å²) in [5.74, 6) is -1.46. The number of nitrogens with one attached hydrogen (secondary N) is 1. The van der Waals surface area contributed by atoms with Gasteiger partial charge in [-0.25, -0.2) is 14.6 Å². The number of carbonyl (C=O) groups excluding carboxylic acids is 1. The number of azo groups is 1. The number of hydrogen-bond donors (Lipinski definition) is 2. The molecule has 0 bridgehead atoms. The Hall–Kier alpha value is -3.99. The van der Waals surface area contributed by atoms with Crippen LogP contribution >= 0.6 is 11.3 Å². The van der Waals surface area contributed by atoms with Gasteiger partial charge in [-0.1, -0.05) is 29.5 Å². The fourth-order valence-corrected chi connectivity index (χ4v) is 3.19. The van der Waals surface area contributed by atoms with Crippen LogP contribution < -0.4 is 5.43 Å². The SMILES string of the molecule is CCOC(=O)c1sc(N=NC(=NNc2ccccc2C(=O)O)c2ccccn2)nc1C. The number of rotatable bonds is 7. The monoisotopic (exact) mass is 438 g/mol. The molecule has 158 valence electrons. The molecule has 0 atom stereocenters. The maximum absolute atomic E-state index is 12.0. The Bertz CT molecular complexity index is 1140. The zero-order chi connectivity index (χ0) is 22.2. The quantitative estimate of drug-likeness (QED) is 0.184. The van der Waals surface area contributed by atoms with Gasteiger partial charge in [0.25, 0.3) is 0 Å². The van der Waals surface area contributed by atoms with Crippen LogP contribution in [0.4, 0.5) is 10.8 Å². The van der Waals surface area contributed by atoms with E-state index >= 15 is 0 Å². The van der Waals surface area contributed by atoms with E-state index in [-0.39, 0.29) is 28.8 Å². The van der Waals surface area contributed by atoms with Gasteiger partial charge in [0.15, 0.2) is 0 Å². The van der Waals surface area contributed by atoms with E-state index in [9.17, 15) is 14.7 Å². The molecule has 1 aromatic carbocycles. The number of pyridine rings is 1. The number of nitrogens with zero attached hydrogens (tertiary/aromatic N) is 5. The van der Waals surface area contributed by atoms with E-state index in [1.165, 1.54) is 6.07 Å². The number of hydrazone groups is 1. The standard InChI is InChI=1S/C20H18N6O4S/c1-3-30-19(29)16-12(2)22-20(31-16)26-25-17(15-10-6-7-11-21-15)24-23-14-9-5-4-8-13(14)18(27)28/h4-11,23H,3H2,1-2H3,(H,27,28). The molecule has 0 saturated heterocycles. The third-order valence-corrected chi connectivity index (χ3v) is 4.83. The molecule has 3 aromatic rings. The van der Waals surface area contributed by atoms with Crippen LogP contribution in [0, 0.1) is 6.92 Å². The second-order valence-electron chi connectivity index (χ2n) is 5.94. The Morgan fingerprint density at radius 1 is 1.19 bits per heavy atom. The Kier molecular flexibility index (Phi) is 7.12. The van der Waals surface area contributed by atoms with Gasteiger partial charge in [-0.05, 0) is 38.1 Å². The van der Waals surface area contributed by atoms with Gasteiger partial charge in [-0.3, -0.25) is 10.4 Å². The molecule has 0 aliphatic heterocycles. The third kappa shape index (κ3) is 5.54. The first kappa shape index (κ1) is 21.7. The van der Waals surface area contributed by atoms with Crippen LogP contribution in [0.2, 0.25) is 0 Å². The zero-order valence-corrected chi connectivity index (χ0v) is 17.5. The average molecular weight is 438 g/mol. The highest BCUT2D eigenvalue weighted by Gasteiger charge is 2.16. The summed E-state index contributed by atoms with van der Waals surface area (Å²) in [5.41, 5.74) is 3.94. The molecule has 2 N–H and O–H groups in total. The topological polar surface area (TPSA) is 138 Å². The minimum atomic E-state index is -1.09. The number of thiazole rings is 1. The number of para-hydroxylation sites is 1. The number of amidine groups is 1. The van der Waals surface area contributed by atoms with Crippen LogP contribution in [0.25, 0.3) is 0 Å². The van der Waals surface area contributed by atoms with Gasteiger partial charge in [0.05, 0.1) is 23.6 Å². The van der Waals surface area contributed by atoms with Gasteiger partial charge >= 0.3 is 11.9 Å². The first-order chi connectivity index (χ1) is 15.0. The number of hydrogen-bond acceptors (Lipinski definition) is 9. The fourth-order valence-electron chi connectivity index (χ4n) is 2.41. The summed E-state index contributed by atoms with van der Waals surface area (Å²) in [7, 11) is 0. The summed E-state index contributed by atoms with van der Waals surface area (Å²) in [5, 5.41) is 21.9. The van der Waals surface area contributed by atoms with E-state index in [4.69, 9.17) is 4.74 Å². The van der Waals surface area contributed by atoms with Gasteiger partial charge in [0.2, 0.25) is 11.0 Å². The molecule has 0 fully saturated rings. The van der Waals surface area contributed by atoms with Gasteiger partial charge in [0.1, 0.15) is 10.6 Å². The lowest BCUT2D eigenvalue weighted by Gasteiger charge is -2.05. The number of ether oxygens (including phenoxy) is 1. The van der Waals surface area contributed by atoms with Crippen molar-refractivity contribution in [2.24, 2.45) is 15.3 Å². The van der Waals surface area contributed by atoms with Gasteiger partial charge < -0.3 is 9.84 Å². The van der Waals surface area contributed by atoms with Crippen molar-refractivity contribution < 1.29 is 19.4 Å². The number of carbonyl (C=O) groups is 2. The fraction of sp³-hybridized carbons (Fsp3) is 0.150. The molecule has 0 amide bonds. The van der Waals surface area contributed by atoms with Crippen LogP contribution in [0.5, 0.6) is 0 Å². The van der Waals surface area contributed by atoms with Crippen LogP contribution in [-0.2, 0) is 4.74 Å². The van der Waals surface area contributed by atoms with Crippen LogP contribution in [0.15, 0.2) is 64.0 Å². The number of aryl methyl sites for hydroxylation is 1. The van der Waals surface area contributed by atoms with Gasteiger partial charge in [-0.15, -0.1) is 10.2 Å². The maximum atomic E-state index is 12.0. The Balaban J connectivity index is 1.91. The number of esters is 1. The Morgan fingerprint density at radius 2 is 1.97 bits per heavy atom. The van der Waals surface area contributed by atoms with Gasteiger partial charge in [-0.2, -0.15) is 5.10 Å². The van der Waals surface area contributed by atoms with Crippen molar-refractivity contribution in [1.29, 1.82) is 0 Å². The lowest BCUT2D eigenvalue weighted by Crippen LogP contribution is -2.06. The van der Waals surface area contributed by atoms with Crippen LogP contribution in [-0.4, -0.2) is 39.5 Å². The summed E-state index contributed by atoms with van der Waals surface area (Å²) < 4.78 is 5.00. The van der Waals surface area contributed by atoms with E-state index in [0.29, 0.717) is 16.3 Å². The Morgan fingerprint density at radius 3 is 2.68 bits per heavy atom. The highest BCUT2D eigenvalue weighted by atomic mass is 32.1. The molecule has 0 radical (unpaired) electrons. The smallest absolute Gasteiger partial charge is 0.350 e. The molecular weight excluding hydrogens is 420 g/mol. The normalized spacial score (nSPS) is 11.5. The molecule has 0 spiro atoms. The van der Waals surface area contributed by atoms with Crippen molar-refractivity contribution in [3.05, 3.63) is 70.5 Å². The molecule has 3 rings (SSSR count). The summed E-state index contributed by atoms with van der Waals surface area (Å²) in [6, 6.07) is 11.5. The second kappa shape index (κ2) is 10.2. The molecule has 0 unspecified atom stereocenters. The van der Waals surface area contributed by atoms with Crippen molar-refractivity contribution in [1.82, 2.24) is 9.97 Å². The lowest BCUT2D eigenvalue weighted by atomic mass is 10.2. The Labute approximate surface area is 181 Å². The zero-order valence-electron chi connectivity index (χ0n) is 16.6. The largest absolute Gasteiger partial charge is 0.478 e. The average Bonchev–Trinajstić information content (AvgIpc) is 3.15. The minimum Gasteiger partial charge on any atom is -0.478 e. The first-order valence-electron chi connectivity index (χ1n) is 9.13. The number of carboxylic acids is 1. The predicted octanol–water partition coefficient (Wildman–Crippen LogP) is 4.28. The molecule has 0 aliphatic rings. The summed E-state index contributed by atoms with van der Waals surface area (Å²) in [6.45, 7) is 3.66. The first-order valence-corrected chi connectivity index (χ1v) is 9.95. The highest BCUT2D eigenvalue weighted by Crippen LogP contribution is 2.26. The molecule has 31 heavy (non-hydrogen) atoms. The summed E-state index contributed by atoms with van der Waals surface area (Å²) >= 11 is 1.05. The van der Waals surface area contributed by atoms with E-state index in [1.54, 1.807) is 56.4 Å². The van der Waals surface area contributed by atoms with Gasteiger partial charge in [0, 0.05) is 6.20 Å². The molecular formula is C20H18N6O4S. The summed E-state index contributed by atoms with van der Waals surface area (Å²) in [6.07, 6.45) is 1.57. The van der Waals surface area contributed by atoms with Crippen molar-refractivity contribution in [2.75, 3.05) is 12.0 Å².